The molecule has 0 atom stereocenters. The first-order valence-corrected chi connectivity index (χ1v) is 11.3. The van der Waals surface area contributed by atoms with Gasteiger partial charge in [-0.3, -0.25) is 9.97 Å². The van der Waals surface area contributed by atoms with Gasteiger partial charge in [0.15, 0.2) is 0 Å². The standard InChI is InChI=1S/C29H15N7/c30-16-18-5-1-7-20(13-18)35-22-9-3-11-32-26(22)28-24(35)15-25-29(34-28)27-23(10-4-12-33-27)36(25)21-8-2-6-19(14-21)17-31/h1-15H. The smallest absolute Gasteiger partial charge is 0.116 e. The number of fused-ring (bicyclic) bond motifs is 6. The van der Waals surface area contributed by atoms with Crippen LogP contribution >= 0.6 is 0 Å². The third-order valence-corrected chi connectivity index (χ3v) is 6.43. The van der Waals surface area contributed by atoms with Crippen LogP contribution in [0.5, 0.6) is 0 Å². The van der Waals surface area contributed by atoms with E-state index in [1.165, 1.54) is 0 Å². The zero-order valence-corrected chi connectivity index (χ0v) is 18.8. The Kier molecular flexibility index (Phi) is 4.14. The van der Waals surface area contributed by atoms with E-state index in [9.17, 15) is 10.5 Å². The normalized spacial score (nSPS) is 11.3. The first-order valence-electron chi connectivity index (χ1n) is 11.3. The molecule has 0 saturated carbocycles. The van der Waals surface area contributed by atoms with Gasteiger partial charge in [0.05, 0.1) is 45.3 Å². The zero-order valence-electron chi connectivity index (χ0n) is 18.8. The molecule has 0 N–H and O–H groups in total. The summed E-state index contributed by atoms with van der Waals surface area (Å²) in [7, 11) is 0. The number of hydrogen-bond acceptors (Lipinski definition) is 5. The van der Waals surface area contributed by atoms with Gasteiger partial charge in [-0.25, -0.2) is 4.98 Å². The lowest BCUT2D eigenvalue weighted by Gasteiger charge is -2.10. The Morgan fingerprint density at radius 3 is 1.50 bits per heavy atom. The van der Waals surface area contributed by atoms with Crippen molar-refractivity contribution < 1.29 is 0 Å². The lowest BCUT2D eigenvalue weighted by atomic mass is 10.2. The molecule has 0 radical (unpaired) electrons. The van der Waals surface area contributed by atoms with Gasteiger partial charge >= 0.3 is 0 Å². The molecule has 36 heavy (non-hydrogen) atoms. The predicted octanol–water partition coefficient (Wildman–Crippen LogP) is 5.81. The minimum Gasteiger partial charge on any atom is -0.306 e. The van der Waals surface area contributed by atoms with E-state index < -0.39 is 0 Å². The van der Waals surface area contributed by atoms with Gasteiger partial charge in [-0.2, -0.15) is 10.5 Å². The third kappa shape index (κ3) is 2.74. The van der Waals surface area contributed by atoms with Crippen molar-refractivity contribution in [3.8, 4) is 23.5 Å². The average molecular weight is 461 g/mol. The van der Waals surface area contributed by atoms with Gasteiger partial charge in [-0.1, -0.05) is 12.1 Å². The van der Waals surface area contributed by atoms with Crippen LogP contribution in [0.2, 0.25) is 0 Å². The van der Waals surface area contributed by atoms with Gasteiger partial charge in [0.2, 0.25) is 0 Å². The molecule has 0 spiro atoms. The van der Waals surface area contributed by atoms with Gasteiger partial charge in [0, 0.05) is 23.8 Å². The van der Waals surface area contributed by atoms with Gasteiger partial charge in [-0.05, 0) is 66.7 Å². The van der Waals surface area contributed by atoms with Gasteiger partial charge in [-0.15, -0.1) is 0 Å². The highest BCUT2D eigenvalue weighted by molar-refractivity contribution is 6.13. The summed E-state index contributed by atoms with van der Waals surface area (Å²) in [5.41, 5.74) is 9.48. The number of nitriles is 2. The molecule has 7 aromatic rings. The van der Waals surface area contributed by atoms with E-state index >= 15 is 0 Å². The minimum absolute atomic E-state index is 0.576. The van der Waals surface area contributed by atoms with Crippen LogP contribution in [-0.4, -0.2) is 24.1 Å². The molecule has 0 aliphatic heterocycles. The summed E-state index contributed by atoms with van der Waals surface area (Å²) >= 11 is 0. The number of rotatable bonds is 2. The second-order valence-corrected chi connectivity index (χ2v) is 8.46. The predicted molar refractivity (Wildman–Crippen MR) is 138 cm³/mol. The molecular weight excluding hydrogens is 446 g/mol. The highest BCUT2D eigenvalue weighted by Crippen LogP contribution is 2.36. The minimum atomic E-state index is 0.576. The van der Waals surface area contributed by atoms with E-state index in [0.717, 1.165) is 55.5 Å². The van der Waals surface area contributed by atoms with Crippen LogP contribution in [-0.2, 0) is 0 Å². The van der Waals surface area contributed by atoms with Crippen molar-refractivity contribution in [2.75, 3.05) is 0 Å². The van der Waals surface area contributed by atoms with E-state index in [-0.39, 0.29) is 0 Å². The molecule has 5 aromatic heterocycles. The van der Waals surface area contributed by atoms with Crippen LogP contribution in [0.3, 0.4) is 0 Å². The SMILES string of the molecule is N#Cc1cccc(-n2c3cccnc3c3nc4c5ncccc5n(-c5cccc(C#N)c5)c4cc32)c1. The molecule has 7 nitrogen and oxygen atoms in total. The maximum Gasteiger partial charge on any atom is 0.116 e. The van der Waals surface area contributed by atoms with E-state index in [2.05, 4.69) is 37.3 Å². The maximum atomic E-state index is 9.50. The maximum absolute atomic E-state index is 9.50. The Bertz CT molecular complexity index is 1940. The Morgan fingerprint density at radius 2 is 1.03 bits per heavy atom. The van der Waals surface area contributed by atoms with Gasteiger partial charge in [0.25, 0.3) is 0 Å². The average Bonchev–Trinajstić information content (AvgIpc) is 3.44. The summed E-state index contributed by atoms with van der Waals surface area (Å²) in [4.78, 5) is 14.4. The second kappa shape index (κ2) is 7.49. The Hall–Kier alpha value is -5.53. The number of pyridine rings is 3. The highest BCUT2D eigenvalue weighted by atomic mass is 15.1. The van der Waals surface area contributed by atoms with Crippen molar-refractivity contribution in [1.82, 2.24) is 24.1 Å². The molecule has 0 bridgehead atoms. The fourth-order valence-electron chi connectivity index (χ4n) is 4.95. The topological polar surface area (TPSA) is 96.1 Å². The second-order valence-electron chi connectivity index (χ2n) is 8.46. The molecule has 0 amide bonds. The molecule has 7 heteroatoms. The van der Waals surface area contributed by atoms with Crippen LogP contribution < -0.4 is 0 Å². The summed E-state index contributed by atoms with van der Waals surface area (Å²) in [5, 5.41) is 19.0. The van der Waals surface area contributed by atoms with Crippen molar-refractivity contribution in [2.45, 2.75) is 0 Å². The summed E-state index contributed by atoms with van der Waals surface area (Å²) in [5.74, 6) is 0. The van der Waals surface area contributed by atoms with Crippen molar-refractivity contribution in [3.63, 3.8) is 0 Å². The van der Waals surface area contributed by atoms with Crippen LogP contribution in [0.15, 0.2) is 91.3 Å². The van der Waals surface area contributed by atoms with E-state index in [0.29, 0.717) is 11.1 Å². The van der Waals surface area contributed by atoms with Crippen molar-refractivity contribution in [2.24, 2.45) is 0 Å². The Labute approximate surface area is 204 Å². The molecule has 0 fully saturated rings. The van der Waals surface area contributed by atoms with Crippen LogP contribution in [0.1, 0.15) is 11.1 Å². The first-order chi connectivity index (χ1) is 17.8. The van der Waals surface area contributed by atoms with Crippen molar-refractivity contribution >= 4 is 44.1 Å². The van der Waals surface area contributed by atoms with Crippen molar-refractivity contribution in [1.29, 1.82) is 10.5 Å². The number of hydrogen-bond donors (Lipinski definition) is 0. The summed E-state index contributed by atoms with van der Waals surface area (Å²) in [6, 6.07) is 29.4. The fraction of sp³-hybridized carbons (Fsp3) is 0. The van der Waals surface area contributed by atoms with Crippen LogP contribution in [0.25, 0.3) is 55.5 Å². The Balaban J connectivity index is 1.67. The van der Waals surface area contributed by atoms with Gasteiger partial charge < -0.3 is 9.13 Å². The fourth-order valence-corrected chi connectivity index (χ4v) is 4.95. The van der Waals surface area contributed by atoms with E-state index in [1.54, 1.807) is 24.5 Å². The summed E-state index contributed by atoms with van der Waals surface area (Å²) in [6.45, 7) is 0. The molecule has 7 rings (SSSR count). The molecule has 0 saturated heterocycles. The zero-order chi connectivity index (χ0) is 24.2. The van der Waals surface area contributed by atoms with Crippen molar-refractivity contribution in [3.05, 3.63) is 102 Å². The largest absolute Gasteiger partial charge is 0.306 e. The molecular formula is C29H15N7. The Morgan fingerprint density at radius 1 is 0.528 bits per heavy atom. The van der Waals surface area contributed by atoms with Gasteiger partial charge in [0.1, 0.15) is 22.1 Å². The number of nitrogens with zero attached hydrogens (tertiary/aromatic N) is 7. The molecule has 5 heterocycles. The molecule has 0 unspecified atom stereocenters. The van der Waals surface area contributed by atoms with E-state index in [1.807, 2.05) is 60.7 Å². The molecule has 166 valence electrons. The third-order valence-electron chi connectivity index (χ3n) is 6.43. The van der Waals surface area contributed by atoms with Crippen LogP contribution in [0, 0.1) is 22.7 Å². The van der Waals surface area contributed by atoms with E-state index in [4.69, 9.17) is 4.98 Å². The summed E-state index contributed by atoms with van der Waals surface area (Å²) < 4.78 is 4.18. The monoisotopic (exact) mass is 461 g/mol. The lowest BCUT2D eigenvalue weighted by molar-refractivity contribution is 1.15. The molecule has 0 aliphatic rings. The quantitative estimate of drug-likeness (QED) is 0.324. The van der Waals surface area contributed by atoms with Crippen LogP contribution in [0.4, 0.5) is 0 Å². The molecule has 0 aliphatic carbocycles. The molecule has 2 aromatic carbocycles. The first kappa shape index (κ1) is 19.9. The summed E-state index contributed by atoms with van der Waals surface area (Å²) in [6.07, 6.45) is 3.53. The number of benzene rings is 2. The lowest BCUT2D eigenvalue weighted by Crippen LogP contribution is -1.97. The number of aromatic nitrogens is 5. The highest BCUT2D eigenvalue weighted by Gasteiger charge is 2.20.